The summed E-state index contributed by atoms with van der Waals surface area (Å²) in [6.07, 6.45) is 1.33. The van der Waals surface area contributed by atoms with Crippen LogP contribution in [0, 0.1) is 6.92 Å². The van der Waals surface area contributed by atoms with Crippen LogP contribution >= 0.6 is 0 Å². The van der Waals surface area contributed by atoms with Crippen molar-refractivity contribution >= 4 is 16.6 Å². The van der Waals surface area contributed by atoms with Crippen LogP contribution in [0.5, 0.6) is 0 Å². The zero-order valence-corrected chi connectivity index (χ0v) is 7.54. The van der Waals surface area contributed by atoms with Gasteiger partial charge in [-0.3, -0.25) is 0 Å². The Morgan fingerprint density at radius 1 is 1.43 bits per heavy atom. The lowest BCUT2D eigenvalue weighted by Crippen LogP contribution is -1.97. The fourth-order valence-corrected chi connectivity index (χ4v) is 1.44. The van der Waals surface area contributed by atoms with Crippen molar-refractivity contribution in [3.63, 3.8) is 0 Å². The minimum absolute atomic E-state index is 0.503. The topological polar surface area (TPSA) is 43.8 Å². The number of nitrogens with zero attached hydrogens (tertiary/aromatic N) is 2. The van der Waals surface area contributed by atoms with Crippen molar-refractivity contribution in [1.82, 2.24) is 9.78 Å². The Hall–Kier alpha value is -1.65. The van der Waals surface area contributed by atoms with Crippen molar-refractivity contribution in [3.05, 3.63) is 23.9 Å². The molecule has 0 atom stereocenters. The third-order valence-corrected chi connectivity index (χ3v) is 2.07. The molecule has 0 unspecified atom stereocenters. The molecule has 0 radical (unpaired) electrons. The van der Waals surface area contributed by atoms with Gasteiger partial charge in [-0.2, -0.15) is 13.9 Å². The van der Waals surface area contributed by atoms with E-state index in [1.54, 1.807) is 12.1 Å². The quantitative estimate of drug-likeness (QED) is 0.713. The molecule has 0 bridgehead atoms. The van der Waals surface area contributed by atoms with E-state index in [9.17, 15) is 8.78 Å². The van der Waals surface area contributed by atoms with Crippen LogP contribution in [0.15, 0.2) is 18.3 Å². The zero-order valence-electron chi connectivity index (χ0n) is 7.54. The van der Waals surface area contributed by atoms with Gasteiger partial charge in [-0.25, -0.2) is 4.68 Å². The largest absolute Gasteiger partial charge is 0.399 e. The lowest BCUT2D eigenvalue weighted by atomic mass is 10.1. The summed E-state index contributed by atoms with van der Waals surface area (Å²) >= 11 is 0. The highest BCUT2D eigenvalue weighted by Gasteiger charge is 2.10. The average molecular weight is 197 g/mol. The first-order valence-electron chi connectivity index (χ1n) is 4.11. The maximum absolute atomic E-state index is 12.3. The molecular weight excluding hydrogens is 188 g/mol. The minimum Gasteiger partial charge on any atom is -0.399 e. The Balaban J connectivity index is 2.70. The number of aromatic nitrogens is 2. The molecule has 74 valence electrons. The number of alkyl halides is 2. The van der Waals surface area contributed by atoms with Crippen molar-refractivity contribution in [1.29, 1.82) is 0 Å². The number of halogens is 2. The summed E-state index contributed by atoms with van der Waals surface area (Å²) in [5.74, 6) is 0. The van der Waals surface area contributed by atoms with E-state index < -0.39 is 6.55 Å². The van der Waals surface area contributed by atoms with Crippen LogP contribution in [-0.2, 0) is 0 Å². The molecule has 1 heterocycles. The molecule has 2 N–H and O–H groups in total. The first kappa shape index (κ1) is 8.93. The highest BCUT2D eigenvalue weighted by Crippen LogP contribution is 2.22. The predicted octanol–water partition coefficient (Wildman–Crippen LogP) is 2.32. The molecule has 2 rings (SSSR count). The normalized spacial score (nSPS) is 11.4. The number of nitrogens with two attached hydrogens (primary N) is 1. The van der Waals surface area contributed by atoms with Gasteiger partial charge in [0.1, 0.15) is 0 Å². The Morgan fingerprint density at radius 2 is 2.14 bits per heavy atom. The van der Waals surface area contributed by atoms with Crippen molar-refractivity contribution in [2.45, 2.75) is 13.5 Å². The third kappa shape index (κ3) is 1.30. The van der Waals surface area contributed by atoms with Gasteiger partial charge in [0, 0.05) is 17.3 Å². The molecule has 0 spiro atoms. The maximum Gasteiger partial charge on any atom is 0.333 e. The van der Waals surface area contributed by atoms with Gasteiger partial charge in [0.25, 0.3) is 0 Å². The number of benzene rings is 1. The highest BCUT2D eigenvalue weighted by molar-refractivity contribution is 5.84. The standard InChI is InChI=1S/C9H9F2N3/c1-5-2-6(12)3-8-7(5)4-14(13-8)9(10)11/h2-4,9H,12H2,1H3. The van der Waals surface area contributed by atoms with Crippen molar-refractivity contribution in [2.75, 3.05) is 5.73 Å². The fraction of sp³-hybridized carbons (Fsp3) is 0.222. The van der Waals surface area contributed by atoms with E-state index in [1.165, 1.54) is 6.20 Å². The summed E-state index contributed by atoms with van der Waals surface area (Å²) in [4.78, 5) is 0. The summed E-state index contributed by atoms with van der Waals surface area (Å²) < 4.78 is 25.2. The van der Waals surface area contributed by atoms with E-state index in [4.69, 9.17) is 5.73 Å². The predicted molar refractivity (Wildman–Crippen MR) is 50.1 cm³/mol. The Kier molecular flexibility index (Phi) is 1.87. The van der Waals surface area contributed by atoms with Crippen LogP contribution in [-0.4, -0.2) is 9.78 Å². The van der Waals surface area contributed by atoms with Gasteiger partial charge in [-0.05, 0) is 24.6 Å². The second-order valence-corrected chi connectivity index (χ2v) is 3.16. The molecule has 2 aromatic rings. The first-order chi connectivity index (χ1) is 6.58. The Morgan fingerprint density at radius 3 is 2.79 bits per heavy atom. The Bertz CT molecular complexity index is 476. The van der Waals surface area contributed by atoms with Crippen LogP contribution in [0.3, 0.4) is 0 Å². The van der Waals surface area contributed by atoms with E-state index in [0.717, 1.165) is 5.56 Å². The summed E-state index contributed by atoms with van der Waals surface area (Å²) in [6, 6.07) is 3.32. The van der Waals surface area contributed by atoms with Crippen LogP contribution < -0.4 is 5.73 Å². The van der Waals surface area contributed by atoms with Gasteiger partial charge in [-0.1, -0.05) is 0 Å². The smallest absolute Gasteiger partial charge is 0.333 e. The second-order valence-electron chi connectivity index (χ2n) is 3.16. The summed E-state index contributed by atoms with van der Waals surface area (Å²) in [5.41, 5.74) is 7.47. The van der Waals surface area contributed by atoms with Gasteiger partial charge in [-0.15, -0.1) is 0 Å². The molecule has 1 aromatic carbocycles. The molecule has 0 amide bonds. The number of nitrogen functional groups attached to an aromatic ring is 1. The summed E-state index contributed by atoms with van der Waals surface area (Å²) in [6.45, 7) is -0.793. The number of anilines is 1. The van der Waals surface area contributed by atoms with Crippen LogP contribution in [0.25, 0.3) is 10.9 Å². The van der Waals surface area contributed by atoms with Crippen molar-refractivity contribution in [3.8, 4) is 0 Å². The molecule has 0 aliphatic rings. The average Bonchev–Trinajstić information content (AvgIpc) is 2.47. The monoisotopic (exact) mass is 197 g/mol. The SMILES string of the molecule is Cc1cc(N)cc2nn(C(F)F)cc12. The van der Waals surface area contributed by atoms with Gasteiger partial charge in [0.05, 0.1) is 5.52 Å². The molecule has 0 aliphatic heterocycles. The number of hydrogen-bond donors (Lipinski definition) is 1. The number of rotatable bonds is 1. The lowest BCUT2D eigenvalue weighted by Gasteiger charge is -1.95. The molecule has 1 aromatic heterocycles. The Labute approximate surface area is 79.1 Å². The lowest BCUT2D eigenvalue weighted by molar-refractivity contribution is 0.0574. The molecular formula is C9H9F2N3. The third-order valence-electron chi connectivity index (χ3n) is 2.07. The van der Waals surface area contributed by atoms with Crippen LogP contribution in [0.4, 0.5) is 14.5 Å². The molecule has 14 heavy (non-hydrogen) atoms. The van der Waals surface area contributed by atoms with Gasteiger partial charge >= 0.3 is 6.55 Å². The number of aryl methyl sites for hydroxylation is 1. The minimum atomic E-state index is -2.61. The van der Waals surface area contributed by atoms with Crippen LogP contribution in [0.1, 0.15) is 12.1 Å². The first-order valence-corrected chi connectivity index (χ1v) is 4.11. The maximum atomic E-state index is 12.3. The van der Waals surface area contributed by atoms with E-state index in [2.05, 4.69) is 5.10 Å². The second kappa shape index (κ2) is 2.94. The molecule has 5 heteroatoms. The molecule has 0 aliphatic carbocycles. The molecule has 3 nitrogen and oxygen atoms in total. The molecule has 0 fully saturated rings. The van der Waals surface area contributed by atoms with E-state index in [0.29, 0.717) is 21.3 Å². The van der Waals surface area contributed by atoms with Crippen molar-refractivity contribution < 1.29 is 8.78 Å². The van der Waals surface area contributed by atoms with E-state index in [-0.39, 0.29) is 0 Å². The summed E-state index contributed by atoms with van der Waals surface area (Å²) in [5, 5.41) is 4.43. The van der Waals surface area contributed by atoms with Gasteiger partial charge < -0.3 is 5.73 Å². The fourth-order valence-electron chi connectivity index (χ4n) is 1.44. The molecule has 0 saturated carbocycles. The van der Waals surface area contributed by atoms with Crippen molar-refractivity contribution in [2.24, 2.45) is 0 Å². The van der Waals surface area contributed by atoms with Gasteiger partial charge in [0.15, 0.2) is 0 Å². The number of hydrogen-bond acceptors (Lipinski definition) is 2. The zero-order chi connectivity index (χ0) is 10.3. The van der Waals surface area contributed by atoms with Gasteiger partial charge in [0.2, 0.25) is 0 Å². The number of fused-ring (bicyclic) bond motifs is 1. The van der Waals surface area contributed by atoms with Crippen LogP contribution in [0.2, 0.25) is 0 Å². The molecule has 0 saturated heterocycles. The van der Waals surface area contributed by atoms with E-state index in [1.807, 2.05) is 6.92 Å². The van der Waals surface area contributed by atoms with E-state index >= 15 is 0 Å². The summed E-state index contributed by atoms with van der Waals surface area (Å²) in [7, 11) is 0. The highest BCUT2D eigenvalue weighted by atomic mass is 19.3.